The van der Waals surface area contributed by atoms with Crippen molar-refractivity contribution in [3.8, 4) is 12.3 Å². The first kappa shape index (κ1) is 20.4. The van der Waals surface area contributed by atoms with Gasteiger partial charge in [-0.25, -0.2) is 8.42 Å². The number of amides is 1. The number of nitrogens with one attached hydrogen (secondary N) is 2. The van der Waals surface area contributed by atoms with Gasteiger partial charge in [0.25, 0.3) is 5.91 Å². The number of ether oxygens (including phenoxy) is 1. The lowest BCUT2D eigenvalue weighted by Crippen LogP contribution is -2.32. The highest BCUT2D eigenvalue weighted by Gasteiger charge is 2.21. The highest BCUT2D eigenvalue weighted by Crippen LogP contribution is 2.25. The Kier molecular flexibility index (Phi) is 7.64. The van der Waals surface area contributed by atoms with Crippen molar-refractivity contribution >= 4 is 15.9 Å². The van der Waals surface area contributed by atoms with Crippen LogP contribution in [0.15, 0.2) is 29.2 Å². The molecule has 0 aliphatic heterocycles. The number of rotatable bonds is 8. The van der Waals surface area contributed by atoms with Crippen molar-refractivity contribution < 1.29 is 17.9 Å². The molecule has 0 saturated heterocycles. The van der Waals surface area contributed by atoms with E-state index in [1.165, 1.54) is 37.5 Å². The Labute approximate surface area is 155 Å². The molecule has 1 amide bonds. The number of hydrogen-bond donors (Lipinski definition) is 2. The molecule has 6 nitrogen and oxygen atoms in total. The molecule has 0 spiro atoms. The number of carbonyl (C=O) groups excluding carboxylic acids is 1. The lowest BCUT2D eigenvalue weighted by Gasteiger charge is -2.28. The second-order valence-electron chi connectivity index (χ2n) is 6.48. The van der Waals surface area contributed by atoms with E-state index < -0.39 is 10.0 Å². The minimum absolute atomic E-state index is 0.00711. The predicted molar refractivity (Wildman–Crippen MR) is 100 cm³/mol. The fourth-order valence-electron chi connectivity index (χ4n) is 3.03. The molecule has 26 heavy (non-hydrogen) atoms. The van der Waals surface area contributed by atoms with Crippen LogP contribution in [0.4, 0.5) is 0 Å². The largest absolute Gasteiger partial charge is 0.376 e. The molecule has 2 rings (SSSR count). The van der Waals surface area contributed by atoms with Gasteiger partial charge < -0.3 is 10.1 Å². The normalized spacial score (nSPS) is 20.3. The topological polar surface area (TPSA) is 84.5 Å². The molecule has 1 aromatic carbocycles. The van der Waals surface area contributed by atoms with Gasteiger partial charge in [-0.2, -0.15) is 4.72 Å². The van der Waals surface area contributed by atoms with E-state index in [4.69, 9.17) is 11.2 Å². The zero-order valence-corrected chi connectivity index (χ0v) is 15.8. The van der Waals surface area contributed by atoms with E-state index in [0.717, 1.165) is 6.42 Å². The summed E-state index contributed by atoms with van der Waals surface area (Å²) in [4.78, 5) is 12.2. The molecule has 2 N–H and O–H groups in total. The number of benzene rings is 1. The third-order valence-electron chi connectivity index (χ3n) is 4.52. The van der Waals surface area contributed by atoms with Crippen LogP contribution in [-0.4, -0.2) is 40.1 Å². The fraction of sp³-hybridized carbons (Fsp3) is 0.526. The summed E-state index contributed by atoms with van der Waals surface area (Å²) in [5.74, 6) is 2.43. The predicted octanol–water partition coefficient (Wildman–Crippen LogP) is 1.92. The van der Waals surface area contributed by atoms with E-state index in [1.807, 2.05) is 0 Å². The second-order valence-corrected chi connectivity index (χ2v) is 8.25. The molecule has 2 atom stereocenters. The summed E-state index contributed by atoms with van der Waals surface area (Å²) in [6, 6.07) is 5.85. The van der Waals surface area contributed by atoms with Gasteiger partial charge in [0.2, 0.25) is 10.0 Å². The number of terminal acetylenes is 1. The quantitative estimate of drug-likeness (QED) is 0.535. The molecule has 2 unspecified atom stereocenters. The van der Waals surface area contributed by atoms with Crippen LogP contribution in [0, 0.1) is 18.3 Å². The van der Waals surface area contributed by atoms with Crippen molar-refractivity contribution in [2.45, 2.75) is 43.6 Å². The summed E-state index contributed by atoms with van der Waals surface area (Å²) in [6.45, 7) is 2.93. The van der Waals surface area contributed by atoms with Crippen LogP contribution in [0.5, 0.6) is 0 Å². The Balaban J connectivity index is 1.86. The standard InChI is InChI=1S/C19H26N2O4S/c1-3-11-21-26(23,24)17-9-6-8-16(14-17)19(22)20-12-13-25-18-10-5-4-7-15(18)2/h1,6,8-9,14-15,18,21H,4-5,7,10-13H2,2H3,(H,20,22). The first-order valence-electron chi connectivity index (χ1n) is 8.87. The lowest BCUT2D eigenvalue weighted by atomic mass is 9.88. The van der Waals surface area contributed by atoms with E-state index in [-0.39, 0.29) is 29.0 Å². The molecule has 0 heterocycles. The molecule has 1 fully saturated rings. The molecule has 1 aromatic rings. The van der Waals surface area contributed by atoms with Crippen LogP contribution in [0.1, 0.15) is 43.0 Å². The van der Waals surface area contributed by atoms with Crippen molar-refractivity contribution in [2.75, 3.05) is 19.7 Å². The first-order valence-corrected chi connectivity index (χ1v) is 10.4. The van der Waals surface area contributed by atoms with Gasteiger partial charge in [-0.1, -0.05) is 31.8 Å². The van der Waals surface area contributed by atoms with Crippen LogP contribution in [0.25, 0.3) is 0 Å². The summed E-state index contributed by atoms with van der Waals surface area (Å²) in [7, 11) is -3.72. The van der Waals surface area contributed by atoms with Crippen LogP contribution in [-0.2, 0) is 14.8 Å². The molecule has 142 valence electrons. The minimum Gasteiger partial charge on any atom is -0.376 e. The van der Waals surface area contributed by atoms with E-state index in [0.29, 0.717) is 19.1 Å². The molecule has 7 heteroatoms. The smallest absolute Gasteiger partial charge is 0.251 e. The highest BCUT2D eigenvalue weighted by atomic mass is 32.2. The summed E-state index contributed by atoms with van der Waals surface area (Å²) >= 11 is 0. The van der Waals surface area contributed by atoms with Crippen molar-refractivity contribution in [1.82, 2.24) is 10.0 Å². The van der Waals surface area contributed by atoms with Gasteiger partial charge in [-0.15, -0.1) is 6.42 Å². The van der Waals surface area contributed by atoms with Crippen LogP contribution in [0.3, 0.4) is 0 Å². The van der Waals surface area contributed by atoms with Crippen molar-refractivity contribution in [3.63, 3.8) is 0 Å². The molecule has 0 radical (unpaired) electrons. The average molecular weight is 378 g/mol. The van der Waals surface area contributed by atoms with Crippen LogP contribution in [0.2, 0.25) is 0 Å². The lowest BCUT2D eigenvalue weighted by molar-refractivity contribution is -0.00293. The monoisotopic (exact) mass is 378 g/mol. The summed E-state index contributed by atoms with van der Waals surface area (Å²) in [6.07, 6.45) is 10.0. The molecular weight excluding hydrogens is 352 g/mol. The van der Waals surface area contributed by atoms with E-state index in [9.17, 15) is 13.2 Å². The Morgan fingerprint density at radius 3 is 2.85 bits per heavy atom. The summed E-state index contributed by atoms with van der Waals surface area (Å²) < 4.78 is 32.3. The maximum atomic E-state index is 12.2. The number of carbonyl (C=O) groups is 1. The van der Waals surface area contributed by atoms with Gasteiger partial charge in [-0.05, 0) is 37.0 Å². The maximum absolute atomic E-state index is 12.2. The van der Waals surface area contributed by atoms with Crippen LogP contribution < -0.4 is 10.0 Å². The van der Waals surface area contributed by atoms with Crippen LogP contribution >= 0.6 is 0 Å². The molecule has 1 aliphatic carbocycles. The van der Waals surface area contributed by atoms with E-state index in [1.54, 1.807) is 6.07 Å². The number of hydrogen-bond acceptors (Lipinski definition) is 4. The van der Waals surface area contributed by atoms with Crippen molar-refractivity contribution in [2.24, 2.45) is 5.92 Å². The van der Waals surface area contributed by atoms with Gasteiger partial charge in [0.15, 0.2) is 0 Å². The maximum Gasteiger partial charge on any atom is 0.251 e. The zero-order valence-electron chi connectivity index (χ0n) is 15.0. The molecule has 1 saturated carbocycles. The molecule has 1 aliphatic rings. The van der Waals surface area contributed by atoms with Crippen molar-refractivity contribution in [1.29, 1.82) is 0 Å². The van der Waals surface area contributed by atoms with Gasteiger partial charge in [-0.3, -0.25) is 4.79 Å². The second kappa shape index (κ2) is 9.72. The molecular formula is C19H26N2O4S. The zero-order chi connectivity index (χ0) is 19.0. The Hall–Kier alpha value is -1.88. The Morgan fingerprint density at radius 2 is 2.12 bits per heavy atom. The third kappa shape index (κ3) is 5.84. The van der Waals surface area contributed by atoms with Gasteiger partial charge >= 0.3 is 0 Å². The number of sulfonamides is 1. The minimum atomic E-state index is -3.72. The van der Waals surface area contributed by atoms with Crippen molar-refractivity contribution in [3.05, 3.63) is 29.8 Å². The van der Waals surface area contributed by atoms with E-state index >= 15 is 0 Å². The highest BCUT2D eigenvalue weighted by molar-refractivity contribution is 7.89. The Bertz CT molecular complexity index is 755. The summed E-state index contributed by atoms with van der Waals surface area (Å²) in [5.41, 5.74) is 0.277. The van der Waals surface area contributed by atoms with Gasteiger partial charge in [0.1, 0.15) is 0 Å². The summed E-state index contributed by atoms with van der Waals surface area (Å²) in [5, 5.41) is 2.76. The molecule has 0 aromatic heterocycles. The first-order chi connectivity index (χ1) is 12.4. The van der Waals surface area contributed by atoms with Gasteiger partial charge in [0, 0.05) is 12.1 Å². The fourth-order valence-corrected chi connectivity index (χ4v) is 4.01. The van der Waals surface area contributed by atoms with Gasteiger partial charge in [0.05, 0.1) is 24.2 Å². The Morgan fingerprint density at radius 1 is 1.35 bits per heavy atom. The van der Waals surface area contributed by atoms with E-state index in [2.05, 4.69) is 22.9 Å². The average Bonchev–Trinajstić information content (AvgIpc) is 2.65. The third-order valence-corrected chi connectivity index (χ3v) is 5.92. The SMILES string of the molecule is C#CCNS(=O)(=O)c1cccc(C(=O)NCCOC2CCCCC2C)c1. The molecule has 0 bridgehead atoms.